The van der Waals surface area contributed by atoms with Crippen molar-refractivity contribution >= 4 is 17.2 Å². The number of aryl methyl sites for hydroxylation is 1. The summed E-state index contributed by atoms with van der Waals surface area (Å²) in [4.78, 5) is 15.6. The van der Waals surface area contributed by atoms with Crippen LogP contribution in [0.3, 0.4) is 0 Å². The minimum atomic E-state index is -0.0618. The van der Waals surface area contributed by atoms with Gasteiger partial charge in [0.1, 0.15) is 11.4 Å². The van der Waals surface area contributed by atoms with Gasteiger partial charge in [-0.2, -0.15) is 5.10 Å². The van der Waals surface area contributed by atoms with Gasteiger partial charge in [-0.05, 0) is 61.4 Å². The first-order chi connectivity index (χ1) is 13.7. The monoisotopic (exact) mass is 395 g/mol. The second kappa shape index (κ2) is 8.71. The fourth-order valence-corrected chi connectivity index (χ4v) is 4.47. The van der Waals surface area contributed by atoms with Gasteiger partial charge in [-0.25, -0.2) is 4.68 Å². The minimum Gasteiger partial charge on any atom is -0.345 e. The Bertz CT molecular complexity index is 926. The van der Waals surface area contributed by atoms with Crippen LogP contribution in [0, 0.1) is 6.92 Å². The summed E-state index contributed by atoms with van der Waals surface area (Å²) in [7, 11) is 0. The smallest absolute Gasteiger partial charge is 0.270 e. The lowest BCUT2D eigenvalue weighted by Gasteiger charge is -2.23. The Hall–Kier alpha value is -2.44. The van der Waals surface area contributed by atoms with Gasteiger partial charge in [0.05, 0.1) is 36.7 Å². The Balaban J connectivity index is 1.54. The van der Waals surface area contributed by atoms with E-state index in [0.717, 1.165) is 28.4 Å². The van der Waals surface area contributed by atoms with Crippen molar-refractivity contribution < 1.29 is 9.69 Å². The molecule has 2 aromatic heterocycles. The van der Waals surface area contributed by atoms with Gasteiger partial charge < -0.3 is 10.2 Å². The first-order valence-electron chi connectivity index (χ1n) is 10.0. The van der Waals surface area contributed by atoms with Crippen molar-refractivity contribution in [2.45, 2.75) is 26.2 Å². The van der Waals surface area contributed by atoms with E-state index < -0.39 is 0 Å². The molecule has 3 aromatic rings. The number of nitrogens with one attached hydrogen (secondary N) is 2. The quantitative estimate of drug-likeness (QED) is 0.674. The third-order valence-corrected chi connectivity index (χ3v) is 6.18. The van der Waals surface area contributed by atoms with Crippen molar-refractivity contribution in [2.24, 2.45) is 0 Å². The zero-order valence-electron chi connectivity index (χ0n) is 16.3. The molecule has 0 aliphatic carbocycles. The average Bonchev–Trinajstić information content (AvgIpc) is 3.38. The zero-order valence-corrected chi connectivity index (χ0v) is 17.1. The minimum absolute atomic E-state index is 0.0618. The Labute approximate surface area is 170 Å². The van der Waals surface area contributed by atoms with Crippen molar-refractivity contribution in [3.63, 3.8) is 0 Å². The number of amides is 1. The number of hydrogen-bond donors (Lipinski definition) is 2. The molecule has 4 rings (SSSR count). The third kappa shape index (κ3) is 4.34. The molecule has 0 saturated carbocycles. The van der Waals surface area contributed by atoms with E-state index in [1.165, 1.54) is 32.4 Å². The molecule has 28 heavy (non-hydrogen) atoms. The number of carbonyl (C=O) groups is 1. The van der Waals surface area contributed by atoms with Gasteiger partial charge in [0.2, 0.25) is 0 Å². The van der Waals surface area contributed by atoms with Crippen molar-refractivity contribution in [3.05, 3.63) is 59.1 Å². The Morgan fingerprint density at radius 3 is 2.79 bits per heavy atom. The largest absolute Gasteiger partial charge is 0.345 e. The highest BCUT2D eigenvalue weighted by Crippen LogP contribution is 2.26. The van der Waals surface area contributed by atoms with Gasteiger partial charge >= 0.3 is 0 Å². The van der Waals surface area contributed by atoms with Crippen LogP contribution in [0.25, 0.3) is 16.3 Å². The zero-order chi connectivity index (χ0) is 19.3. The second-order valence-corrected chi connectivity index (χ2v) is 8.41. The molecule has 1 aromatic carbocycles. The summed E-state index contributed by atoms with van der Waals surface area (Å²) >= 11 is 1.63. The average molecular weight is 396 g/mol. The number of quaternary nitrogens is 1. The van der Waals surface area contributed by atoms with Crippen LogP contribution in [-0.4, -0.2) is 41.9 Å². The first-order valence-corrected chi connectivity index (χ1v) is 10.9. The van der Waals surface area contributed by atoms with Crippen LogP contribution in [0.4, 0.5) is 0 Å². The first kappa shape index (κ1) is 18.9. The molecule has 0 spiro atoms. The molecule has 0 radical (unpaired) electrons. The van der Waals surface area contributed by atoms with Gasteiger partial charge in [0.15, 0.2) is 0 Å². The summed E-state index contributed by atoms with van der Waals surface area (Å²) in [6.07, 6.45) is 3.94. The molecule has 1 aliphatic heterocycles. The fourth-order valence-electron chi connectivity index (χ4n) is 3.79. The summed E-state index contributed by atoms with van der Waals surface area (Å²) in [6.45, 7) is 6.18. The lowest BCUT2D eigenvalue weighted by molar-refractivity contribution is -0.903. The highest BCUT2D eigenvalue weighted by atomic mass is 32.1. The Morgan fingerprint density at radius 2 is 2.04 bits per heavy atom. The fraction of sp³-hybridized carbons (Fsp3) is 0.364. The van der Waals surface area contributed by atoms with E-state index >= 15 is 0 Å². The van der Waals surface area contributed by atoms with E-state index in [4.69, 9.17) is 5.10 Å². The molecular weight excluding hydrogens is 368 g/mol. The molecule has 1 aliphatic rings. The van der Waals surface area contributed by atoms with Crippen molar-refractivity contribution in [2.75, 3.05) is 26.2 Å². The third-order valence-electron chi connectivity index (χ3n) is 5.29. The lowest BCUT2D eigenvalue weighted by atomic mass is 10.1. The van der Waals surface area contributed by atoms with Gasteiger partial charge in [0.25, 0.3) is 5.91 Å². The normalized spacial score (nSPS) is 14.9. The molecule has 0 atom stereocenters. The molecule has 0 bridgehead atoms. The van der Waals surface area contributed by atoms with E-state index in [2.05, 4.69) is 11.4 Å². The number of carbonyl (C=O) groups excluding carboxylic acids is 1. The summed E-state index contributed by atoms with van der Waals surface area (Å²) in [5.74, 6) is -0.0618. The molecule has 3 heterocycles. The summed E-state index contributed by atoms with van der Waals surface area (Å²) in [6, 6.07) is 14.0. The van der Waals surface area contributed by atoms with Gasteiger partial charge in [-0.15, -0.1) is 11.3 Å². The van der Waals surface area contributed by atoms with E-state index in [0.29, 0.717) is 12.2 Å². The van der Waals surface area contributed by atoms with Gasteiger partial charge in [-0.3, -0.25) is 4.79 Å². The SMILES string of the molecule is Cc1cccc(-n2nc(-c3cccs3)cc2C(=O)NCC[NH+]2CCCCC2)c1. The molecule has 1 saturated heterocycles. The van der Waals surface area contributed by atoms with Crippen molar-refractivity contribution in [3.8, 4) is 16.3 Å². The maximum Gasteiger partial charge on any atom is 0.270 e. The predicted octanol–water partition coefficient (Wildman–Crippen LogP) is 2.71. The van der Waals surface area contributed by atoms with Crippen LogP contribution in [-0.2, 0) is 0 Å². The van der Waals surface area contributed by atoms with E-state index in [1.54, 1.807) is 20.9 Å². The van der Waals surface area contributed by atoms with Crippen LogP contribution in [0.1, 0.15) is 35.3 Å². The van der Waals surface area contributed by atoms with Crippen molar-refractivity contribution in [1.29, 1.82) is 0 Å². The number of rotatable bonds is 6. The highest BCUT2D eigenvalue weighted by molar-refractivity contribution is 7.13. The number of benzene rings is 1. The molecule has 1 fully saturated rings. The Kier molecular flexibility index (Phi) is 5.88. The number of likely N-dealkylation sites (tertiary alicyclic amines) is 1. The summed E-state index contributed by atoms with van der Waals surface area (Å²) < 4.78 is 1.77. The highest BCUT2D eigenvalue weighted by Gasteiger charge is 2.19. The van der Waals surface area contributed by atoms with Crippen LogP contribution in [0.2, 0.25) is 0 Å². The molecular formula is C22H27N4OS+. The second-order valence-electron chi connectivity index (χ2n) is 7.46. The molecule has 6 heteroatoms. The number of thiophene rings is 1. The Morgan fingerprint density at radius 1 is 1.18 bits per heavy atom. The molecule has 1 amide bonds. The number of aromatic nitrogens is 2. The standard InChI is InChI=1S/C22H26N4OS/c1-17-7-5-8-18(15-17)26-20(16-19(24-26)21-9-6-14-28-21)22(27)23-10-13-25-11-3-2-4-12-25/h5-9,14-16H,2-4,10-13H2,1H3,(H,23,27)/p+1. The summed E-state index contributed by atoms with van der Waals surface area (Å²) in [5, 5.41) is 9.89. The molecule has 146 valence electrons. The number of piperidine rings is 1. The van der Waals surface area contributed by atoms with E-state index in [9.17, 15) is 4.79 Å². The predicted molar refractivity (Wildman–Crippen MR) is 113 cm³/mol. The van der Waals surface area contributed by atoms with Gasteiger partial charge in [-0.1, -0.05) is 18.2 Å². The van der Waals surface area contributed by atoms with Crippen LogP contribution in [0.15, 0.2) is 47.8 Å². The number of nitrogens with zero attached hydrogens (tertiary/aromatic N) is 2. The topological polar surface area (TPSA) is 51.4 Å². The summed E-state index contributed by atoms with van der Waals surface area (Å²) in [5.41, 5.74) is 3.48. The molecule has 0 unspecified atom stereocenters. The maximum atomic E-state index is 13.0. The lowest BCUT2D eigenvalue weighted by Crippen LogP contribution is -3.13. The van der Waals surface area contributed by atoms with Crippen LogP contribution >= 0.6 is 11.3 Å². The maximum absolute atomic E-state index is 13.0. The number of hydrogen-bond acceptors (Lipinski definition) is 3. The van der Waals surface area contributed by atoms with E-state index in [-0.39, 0.29) is 5.91 Å². The molecule has 5 nitrogen and oxygen atoms in total. The van der Waals surface area contributed by atoms with Gasteiger partial charge in [0, 0.05) is 0 Å². The van der Waals surface area contributed by atoms with Crippen LogP contribution < -0.4 is 10.2 Å². The van der Waals surface area contributed by atoms with E-state index in [1.807, 2.05) is 48.7 Å². The van der Waals surface area contributed by atoms with Crippen LogP contribution in [0.5, 0.6) is 0 Å². The molecule has 2 N–H and O–H groups in total. The van der Waals surface area contributed by atoms with Crippen molar-refractivity contribution in [1.82, 2.24) is 15.1 Å².